The summed E-state index contributed by atoms with van der Waals surface area (Å²) in [6, 6.07) is 5.51. The molecule has 0 saturated carbocycles. The van der Waals surface area contributed by atoms with Crippen LogP contribution in [0.2, 0.25) is 0 Å². The Morgan fingerprint density at radius 2 is 2.20 bits per heavy atom. The molecule has 0 fully saturated rings. The lowest BCUT2D eigenvalue weighted by molar-refractivity contribution is -0.127. The lowest BCUT2D eigenvalue weighted by Crippen LogP contribution is -2.37. The third-order valence-corrected chi connectivity index (χ3v) is 2.88. The van der Waals surface area contributed by atoms with E-state index in [2.05, 4.69) is 5.32 Å². The van der Waals surface area contributed by atoms with Gasteiger partial charge in [0, 0.05) is 25.8 Å². The van der Waals surface area contributed by atoms with E-state index < -0.39 is 6.10 Å². The standard InChI is InChI=1S/C15H23NO4/c1-11-5-6-14(13(9-11)10-17)20-12(2)15(18)16-7-4-8-19-3/h5-6,9,12,17H,4,7-8,10H2,1-3H3,(H,16,18). The van der Waals surface area contributed by atoms with E-state index in [0.717, 1.165) is 12.0 Å². The summed E-state index contributed by atoms with van der Waals surface area (Å²) in [5.74, 6) is 0.364. The molecule has 0 radical (unpaired) electrons. The molecule has 2 N–H and O–H groups in total. The van der Waals surface area contributed by atoms with Crippen LogP contribution in [0.3, 0.4) is 0 Å². The largest absolute Gasteiger partial charge is 0.481 e. The third-order valence-electron chi connectivity index (χ3n) is 2.88. The van der Waals surface area contributed by atoms with Crippen molar-refractivity contribution in [2.45, 2.75) is 33.0 Å². The molecule has 0 aromatic heterocycles. The fourth-order valence-corrected chi connectivity index (χ4v) is 1.76. The van der Waals surface area contributed by atoms with Gasteiger partial charge in [0.15, 0.2) is 6.10 Å². The summed E-state index contributed by atoms with van der Waals surface area (Å²) in [4.78, 5) is 11.8. The predicted octanol–water partition coefficient (Wildman–Crippen LogP) is 1.41. The van der Waals surface area contributed by atoms with Crippen molar-refractivity contribution >= 4 is 5.91 Å². The summed E-state index contributed by atoms with van der Waals surface area (Å²) < 4.78 is 10.5. The lowest BCUT2D eigenvalue weighted by atomic mass is 10.1. The second-order valence-electron chi connectivity index (χ2n) is 4.67. The molecule has 0 aliphatic heterocycles. The van der Waals surface area contributed by atoms with E-state index in [1.807, 2.05) is 19.1 Å². The summed E-state index contributed by atoms with van der Waals surface area (Å²) in [5.41, 5.74) is 1.72. The highest BCUT2D eigenvalue weighted by atomic mass is 16.5. The zero-order valence-corrected chi connectivity index (χ0v) is 12.3. The second kappa shape index (κ2) is 8.55. The molecule has 1 amide bonds. The molecule has 0 heterocycles. The third kappa shape index (κ3) is 5.19. The van der Waals surface area contributed by atoms with Crippen LogP contribution in [0.5, 0.6) is 5.75 Å². The van der Waals surface area contributed by atoms with Crippen LogP contribution in [0.1, 0.15) is 24.5 Å². The van der Waals surface area contributed by atoms with Crippen LogP contribution in [0.15, 0.2) is 18.2 Å². The lowest BCUT2D eigenvalue weighted by Gasteiger charge is -2.17. The summed E-state index contributed by atoms with van der Waals surface area (Å²) in [7, 11) is 1.63. The van der Waals surface area contributed by atoms with Gasteiger partial charge in [-0.1, -0.05) is 17.7 Å². The van der Waals surface area contributed by atoms with Crippen molar-refractivity contribution in [3.05, 3.63) is 29.3 Å². The molecular weight excluding hydrogens is 258 g/mol. The van der Waals surface area contributed by atoms with Gasteiger partial charge < -0.3 is 19.9 Å². The highest BCUT2D eigenvalue weighted by Crippen LogP contribution is 2.21. The summed E-state index contributed by atoms with van der Waals surface area (Å²) in [5, 5.41) is 12.1. The van der Waals surface area contributed by atoms with Crippen LogP contribution < -0.4 is 10.1 Å². The Kier molecular flexibility index (Phi) is 7.04. The number of carbonyl (C=O) groups excluding carboxylic acids is 1. The SMILES string of the molecule is COCCCNC(=O)C(C)Oc1ccc(C)cc1CO. The van der Waals surface area contributed by atoms with Gasteiger partial charge in [-0.25, -0.2) is 0 Å². The Morgan fingerprint density at radius 3 is 2.85 bits per heavy atom. The van der Waals surface area contributed by atoms with Crippen LogP contribution in [0.4, 0.5) is 0 Å². The highest BCUT2D eigenvalue weighted by Gasteiger charge is 2.15. The fourth-order valence-electron chi connectivity index (χ4n) is 1.76. The van der Waals surface area contributed by atoms with Crippen molar-refractivity contribution in [3.63, 3.8) is 0 Å². The van der Waals surface area contributed by atoms with Crippen LogP contribution in [-0.4, -0.2) is 37.4 Å². The maximum Gasteiger partial charge on any atom is 0.260 e. The number of rotatable bonds is 8. The summed E-state index contributed by atoms with van der Waals surface area (Å²) >= 11 is 0. The Hall–Kier alpha value is -1.59. The van der Waals surface area contributed by atoms with Gasteiger partial charge in [-0.3, -0.25) is 4.79 Å². The van der Waals surface area contributed by atoms with Gasteiger partial charge in [0.25, 0.3) is 5.91 Å². The van der Waals surface area contributed by atoms with Gasteiger partial charge in [0.2, 0.25) is 0 Å². The molecule has 0 aliphatic carbocycles. The van der Waals surface area contributed by atoms with Gasteiger partial charge in [0.1, 0.15) is 5.75 Å². The first-order valence-corrected chi connectivity index (χ1v) is 6.72. The number of hydrogen-bond acceptors (Lipinski definition) is 4. The average Bonchev–Trinajstić information content (AvgIpc) is 2.45. The van der Waals surface area contributed by atoms with E-state index in [9.17, 15) is 9.90 Å². The topological polar surface area (TPSA) is 67.8 Å². The van der Waals surface area contributed by atoms with Crippen molar-refractivity contribution in [3.8, 4) is 5.75 Å². The molecule has 1 rings (SSSR count). The van der Waals surface area contributed by atoms with E-state index in [-0.39, 0.29) is 12.5 Å². The molecule has 112 valence electrons. The molecule has 5 nitrogen and oxygen atoms in total. The Morgan fingerprint density at radius 1 is 1.45 bits per heavy atom. The number of hydrogen-bond donors (Lipinski definition) is 2. The molecule has 0 spiro atoms. The molecule has 20 heavy (non-hydrogen) atoms. The fraction of sp³-hybridized carbons (Fsp3) is 0.533. The van der Waals surface area contributed by atoms with Crippen molar-refractivity contribution in [2.75, 3.05) is 20.3 Å². The van der Waals surface area contributed by atoms with Crippen LogP contribution in [0, 0.1) is 6.92 Å². The number of aliphatic hydroxyl groups is 1. The number of methoxy groups -OCH3 is 1. The average molecular weight is 281 g/mol. The van der Waals surface area contributed by atoms with Gasteiger partial charge >= 0.3 is 0 Å². The number of benzene rings is 1. The molecule has 1 aromatic rings. The van der Waals surface area contributed by atoms with E-state index in [0.29, 0.717) is 24.5 Å². The van der Waals surface area contributed by atoms with Gasteiger partial charge in [0.05, 0.1) is 6.61 Å². The molecule has 5 heteroatoms. The highest BCUT2D eigenvalue weighted by molar-refractivity contribution is 5.80. The van der Waals surface area contributed by atoms with Crippen molar-refractivity contribution in [2.24, 2.45) is 0 Å². The normalized spacial score (nSPS) is 12.0. The molecule has 0 aliphatic rings. The summed E-state index contributed by atoms with van der Waals surface area (Å²) in [6.07, 6.45) is 0.159. The second-order valence-corrected chi connectivity index (χ2v) is 4.67. The van der Waals surface area contributed by atoms with Crippen molar-refractivity contribution in [1.82, 2.24) is 5.32 Å². The maximum absolute atomic E-state index is 11.8. The zero-order chi connectivity index (χ0) is 15.0. The smallest absolute Gasteiger partial charge is 0.260 e. The van der Waals surface area contributed by atoms with E-state index in [1.54, 1.807) is 20.1 Å². The Balaban J connectivity index is 2.52. The first kappa shape index (κ1) is 16.5. The van der Waals surface area contributed by atoms with Crippen LogP contribution >= 0.6 is 0 Å². The molecular formula is C15H23NO4. The monoisotopic (exact) mass is 281 g/mol. The first-order chi connectivity index (χ1) is 9.58. The Bertz CT molecular complexity index is 434. The molecule has 1 unspecified atom stereocenters. The van der Waals surface area contributed by atoms with E-state index in [4.69, 9.17) is 9.47 Å². The Labute approximate surface area is 119 Å². The number of aliphatic hydroxyl groups excluding tert-OH is 1. The number of ether oxygens (including phenoxy) is 2. The van der Waals surface area contributed by atoms with Gasteiger partial charge in [-0.15, -0.1) is 0 Å². The molecule has 1 aromatic carbocycles. The van der Waals surface area contributed by atoms with Crippen LogP contribution in [0.25, 0.3) is 0 Å². The predicted molar refractivity (Wildman–Crippen MR) is 76.7 cm³/mol. The number of aryl methyl sites for hydroxylation is 1. The minimum absolute atomic E-state index is 0.112. The number of carbonyl (C=O) groups is 1. The van der Waals surface area contributed by atoms with Crippen molar-refractivity contribution in [1.29, 1.82) is 0 Å². The quantitative estimate of drug-likeness (QED) is 0.707. The van der Waals surface area contributed by atoms with E-state index >= 15 is 0 Å². The van der Waals surface area contributed by atoms with Gasteiger partial charge in [-0.2, -0.15) is 0 Å². The molecule has 0 bridgehead atoms. The van der Waals surface area contributed by atoms with Crippen molar-refractivity contribution < 1.29 is 19.4 Å². The minimum atomic E-state index is -0.606. The maximum atomic E-state index is 11.8. The zero-order valence-electron chi connectivity index (χ0n) is 12.3. The van der Waals surface area contributed by atoms with E-state index in [1.165, 1.54) is 0 Å². The minimum Gasteiger partial charge on any atom is -0.481 e. The van der Waals surface area contributed by atoms with Gasteiger partial charge in [-0.05, 0) is 26.3 Å². The first-order valence-electron chi connectivity index (χ1n) is 6.72. The molecule has 1 atom stereocenters. The van der Waals surface area contributed by atoms with Crippen LogP contribution in [-0.2, 0) is 16.1 Å². The molecule has 0 saturated heterocycles. The summed E-state index contributed by atoms with van der Waals surface area (Å²) in [6.45, 7) is 4.68. The number of nitrogens with one attached hydrogen (secondary N) is 1. The number of amides is 1.